The van der Waals surface area contributed by atoms with E-state index in [1.165, 1.54) is 12.8 Å². The molecule has 3 rings (SSSR count). The Morgan fingerprint density at radius 1 is 1.15 bits per heavy atom. The lowest BCUT2D eigenvalue weighted by Gasteiger charge is -2.36. The summed E-state index contributed by atoms with van der Waals surface area (Å²) in [7, 11) is 0. The van der Waals surface area contributed by atoms with Crippen LogP contribution in [0, 0.1) is 5.92 Å². The number of carbonyl (C=O) groups excluding carboxylic acids is 2. The van der Waals surface area contributed by atoms with Crippen molar-refractivity contribution in [3.63, 3.8) is 0 Å². The molecule has 5 nitrogen and oxygen atoms in total. The van der Waals surface area contributed by atoms with Crippen molar-refractivity contribution in [2.24, 2.45) is 5.92 Å². The predicted molar refractivity (Wildman–Crippen MR) is 106 cm³/mol. The average molecular weight is 393 g/mol. The third kappa shape index (κ3) is 5.23. The second kappa shape index (κ2) is 9.56. The molecule has 1 aromatic rings. The molecule has 1 heterocycles. The van der Waals surface area contributed by atoms with Crippen molar-refractivity contribution in [1.29, 1.82) is 0 Å². The van der Waals surface area contributed by atoms with Gasteiger partial charge in [0.1, 0.15) is 6.04 Å². The van der Waals surface area contributed by atoms with E-state index in [1.54, 1.807) is 0 Å². The Morgan fingerprint density at radius 3 is 2.37 bits per heavy atom. The van der Waals surface area contributed by atoms with Crippen molar-refractivity contribution in [2.45, 2.75) is 57.5 Å². The number of rotatable bonds is 6. The smallest absolute Gasteiger partial charge is 0.309 e. The van der Waals surface area contributed by atoms with Gasteiger partial charge in [0.2, 0.25) is 5.91 Å². The van der Waals surface area contributed by atoms with E-state index < -0.39 is 0 Å². The van der Waals surface area contributed by atoms with Gasteiger partial charge < -0.3 is 10.1 Å². The van der Waals surface area contributed by atoms with Gasteiger partial charge in [0.15, 0.2) is 0 Å². The normalized spacial score (nSPS) is 20.4. The molecule has 1 aliphatic heterocycles. The third-order valence-corrected chi connectivity index (χ3v) is 5.90. The summed E-state index contributed by atoms with van der Waals surface area (Å²) < 4.78 is 5.16. The molecular weight excluding hydrogens is 364 g/mol. The Hall–Kier alpha value is -1.59. The minimum Gasteiger partial charge on any atom is -0.466 e. The van der Waals surface area contributed by atoms with E-state index in [-0.39, 0.29) is 29.9 Å². The molecule has 1 atom stereocenters. The number of halogens is 1. The van der Waals surface area contributed by atoms with Crippen molar-refractivity contribution in [3.05, 3.63) is 34.9 Å². The molecule has 0 spiro atoms. The molecule has 1 aromatic carbocycles. The highest BCUT2D eigenvalue weighted by Crippen LogP contribution is 2.29. The highest BCUT2D eigenvalue weighted by Gasteiger charge is 2.34. The van der Waals surface area contributed by atoms with Gasteiger partial charge in [-0.15, -0.1) is 0 Å². The van der Waals surface area contributed by atoms with Crippen molar-refractivity contribution >= 4 is 23.5 Å². The highest BCUT2D eigenvalue weighted by molar-refractivity contribution is 6.30. The number of nitrogens with zero attached hydrogens (tertiary/aromatic N) is 1. The lowest BCUT2D eigenvalue weighted by molar-refractivity contribution is -0.150. The summed E-state index contributed by atoms with van der Waals surface area (Å²) in [5.41, 5.74) is 0.949. The van der Waals surface area contributed by atoms with Crippen molar-refractivity contribution < 1.29 is 14.3 Å². The highest BCUT2D eigenvalue weighted by atomic mass is 35.5. The van der Waals surface area contributed by atoms with Crippen molar-refractivity contribution in [1.82, 2.24) is 10.2 Å². The Labute approximate surface area is 166 Å². The Balaban J connectivity index is 1.71. The molecular formula is C21H29ClN2O3. The van der Waals surface area contributed by atoms with Gasteiger partial charge >= 0.3 is 5.97 Å². The molecule has 1 N–H and O–H groups in total. The number of ether oxygens (including phenoxy) is 1. The third-order valence-electron chi connectivity index (χ3n) is 5.65. The van der Waals surface area contributed by atoms with Gasteiger partial charge in [-0.25, -0.2) is 0 Å². The summed E-state index contributed by atoms with van der Waals surface area (Å²) in [4.78, 5) is 27.3. The Bertz CT molecular complexity index is 635. The average Bonchev–Trinajstić information content (AvgIpc) is 3.17. The molecule has 1 saturated carbocycles. The molecule has 0 aromatic heterocycles. The summed E-state index contributed by atoms with van der Waals surface area (Å²) in [5.74, 6) is -0.126. The summed E-state index contributed by atoms with van der Waals surface area (Å²) >= 11 is 6.04. The molecule has 0 unspecified atom stereocenters. The summed E-state index contributed by atoms with van der Waals surface area (Å²) in [6.07, 6.45) is 5.93. The Morgan fingerprint density at radius 2 is 1.78 bits per heavy atom. The Kier molecular flexibility index (Phi) is 7.13. The van der Waals surface area contributed by atoms with Gasteiger partial charge in [-0.3, -0.25) is 14.5 Å². The van der Waals surface area contributed by atoms with E-state index in [4.69, 9.17) is 16.3 Å². The quantitative estimate of drug-likeness (QED) is 0.749. The largest absolute Gasteiger partial charge is 0.466 e. The van der Waals surface area contributed by atoms with Gasteiger partial charge in [0, 0.05) is 24.2 Å². The zero-order valence-corrected chi connectivity index (χ0v) is 16.7. The first-order valence-electron chi connectivity index (χ1n) is 10.0. The number of esters is 1. The first-order valence-corrected chi connectivity index (χ1v) is 10.4. The summed E-state index contributed by atoms with van der Waals surface area (Å²) in [6.45, 7) is 3.65. The van der Waals surface area contributed by atoms with E-state index >= 15 is 0 Å². The van der Waals surface area contributed by atoms with Crippen LogP contribution in [-0.4, -0.2) is 42.5 Å². The van der Waals surface area contributed by atoms with Gasteiger partial charge in [0.25, 0.3) is 0 Å². The maximum Gasteiger partial charge on any atom is 0.309 e. The van der Waals surface area contributed by atoms with Crippen LogP contribution in [0.25, 0.3) is 0 Å². The van der Waals surface area contributed by atoms with E-state index in [9.17, 15) is 9.59 Å². The number of likely N-dealkylation sites (tertiary alicyclic amines) is 1. The number of amides is 1. The zero-order chi connectivity index (χ0) is 19.2. The fraction of sp³-hybridized carbons (Fsp3) is 0.619. The van der Waals surface area contributed by atoms with Crippen LogP contribution in [0.5, 0.6) is 0 Å². The second-order valence-corrected chi connectivity index (χ2v) is 7.94. The molecule has 2 aliphatic rings. The second-order valence-electron chi connectivity index (χ2n) is 7.51. The lowest BCUT2D eigenvalue weighted by atomic mass is 9.93. The predicted octanol–water partition coefficient (Wildman–Crippen LogP) is 3.72. The minimum atomic E-state index is -0.342. The topological polar surface area (TPSA) is 58.6 Å². The van der Waals surface area contributed by atoms with Crippen molar-refractivity contribution in [2.75, 3.05) is 19.7 Å². The van der Waals surface area contributed by atoms with Crippen LogP contribution in [0.3, 0.4) is 0 Å². The fourth-order valence-electron chi connectivity index (χ4n) is 4.18. The number of nitrogens with one attached hydrogen (secondary N) is 1. The van der Waals surface area contributed by atoms with Crippen LogP contribution < -0.4 is 5.32 Å². The van der Waals surface area contributed by atoms with Crippen LogP contribution in [0.4, 0.5) is 0 Å². The minimum absolute atomic E-state index is 0.0545. The molecule has 6 heteroatoms. The maximum absolute atomic E-state index is 13.1. The molecule has 0 radical (unpaired) electrons. The molecule has 2 fully saturated rings. The first kappa shape index (κ1) is 20.2. The standard InChI is InChI=1S/C21H29ClN2O3/c1-2-27-21(26)16-11-13-24(14-12-16)19(15-7-9-17(22)10-8-15)20(25)23-18-5-3-4-6-18/h7-10,16,18-19H,2-6,11-14H2,1H3,(H,23,25)/t19-/m1/s1. The molecule has 1 amide bonds. The monoisotopic (exact) mass is 392 g/mol. The SMILES string of the molecule is CCOC(=O)C1CCN([C@@H](C(=O)NC2CCCC2)c2ccc(Cl)cc2)CC1. The van der Waals surface area contributed by atoms with Gasteiger partial charge in [-0.1, -0.05) is 36.6 Å². The number of benzene rings is 1. The molecule has 1 aliphatic carbocycles. The summed E-state index contributed by atoms with van der Waals surface area (Å²) in [5, 5.41) is 3.90. The van der Waals surface area contributed by atoms with E-state index in [0.29, 0.717) is 24.7 Å². The van der Waals surface area contributed by atoms with Crippen molar-refractivity contribution in [3.8, 4) is 0 Å². The van der Waals surface area contributed by atoms with Crippen LogP contribution >= 0.6 is 11.6 Å². The van der Waals surface area contributed by atoms with Gasteiger partial charge in [-0.2, -0.15) is 0 Å². The molecule has 0 bridgehead atoms. The van der Waals surface area contributed by atoms with Crippen LogP contribution in [0.15, 0.2) is 24.3 Å². The molecule has 1 saturated heterocycles. The number of carbonyl (C=O) groups is 2. The first-order chi connectivity index (χ1) is 13.1. The summed E-state index contributed by atoms with van der Waals surface area (Å²) in [6, 6.07) is 7.46. The van der Waals surface area contributed by atoms with E-state index in [2.05, 4.69) is 10.2 Å². The molecule has 27 heavy (non-hydrogen) atoms. The van der Waals surface area contributed by atoms with E-state index in [0.717, 1.165) is 31.2 Å². The van der Waals surface area contributed by atoms with Gasteiger partial charge in [0.05, 0.1) is 12.5 Å². The lowest BCUT2D eigenvalue weighted by Crippen LogP contribution is -2.47. The fourth-order valence-corrected chi connectivity index (χ4v) is 4.30. The zero-order valence-electron chi connectivity index (χ0n) is 16.0. The van der Waals surface area contributed by atoms with Crippen LogP contribution in [0.1, 0.15) is 57.1 Å². The number of piperidine rings is 1. The maximum atomic E-state index is 13.1. The number of hydrogen-bond donors (Lipinski definition) is 1. The number of hydrogen-bond acceptors (Lipinski definition) is 4. The molecule has 148 valence electrons. The van der Waals surface area contributed by atoms with Crippen LogP contribution in [-0.2, 0) is 14.3 Å². The van der Waals surface area contributed by atoms with E-state index in [1.807, 2.05) is 31.2 Å². The van der Waals surface area contributed by atoms with Crippen LogP contribution in [0.2, 0.25) is 5.02 Å². The van der Waals surface area contributed by atoms with Gasteiger partial charge in [-0.05, 0) is 50.3 Å².